The Bertz CT molecular complexity index is 699. The van der Waals surface area contributed by atoms with Gasteiger partial charge in [-0.15, -0.1) is 0 Å². The SMILES string of the molecule is CC/C(=N\NC(=O)COc1ccc(Br)c(C)c1)c1ccccc1. The summed E-state index contributed by atoms with van der Waals surface area (Å²) in [7, 11) is 0. The number of aryl methyl sites for hydroxylation is 1. The molecule has 0 aliphatic carbocycles. The van der Waals surface area contributed by atoms with Crippen molar-refractivity contribution in [1.82, 2.24) is 5.43 Å². The lowest BCUT2D eigenvalue weighted by atomic mass is 10.1. The van der Waals surface area contributed by atoms with Crippen LogP contribution < -0.4 is 10.2 Å². The molecule has 0 aliphatic heterocycles. The van der Waals surface area contributed by atoms with Gasteiger partial charge >= 0.3 is 0 Å². The fraction of sp³-hybridized carbons (Fsp3) is 0.222. The van der Waals surface area contributed by atoms with Gasteiger partial charge in [0.2, 0.25) is 0 Å². The van der Waals surface area contributed by atoms with Crippen LogP contribution in [0, 0.1) is 6.92 Å². The van der Waals surface area contributed by atoms with Crippen molar-refractivity contribution in [3.63, 3.8) is 0 Å². The number of hydrogen-bond donors (Lipinski definition) is 1. The second-order valence-electron chi connectivity index (χ2n) is 5.01. The van der Waals surface area contributed by atoms with E-state index < -0.39 is 0 Å². The first-order chi connectivity index (χ1) is 11.1. The third kappa shape index (κ3) is 5.21. The molecule has 4 nitrogen and oxygen atoms in total. The molecule has 0 unspecified atom stereocenters. The van der Waals surface area contributed by atoms with Crippen LogP contribution in [0.3, 0.4) is 0 Å². The van der Waals surface area contributed by atoms with E-state index in [2.05, 4.69) is 26.5 Å². The molecule has 23 heavy (non-hydrogen) atoms. The number of ether oxygens (including phenoxy) is 1. The predicted molar refractivity (Wildman–Crippen MR) is 95.8 cm³/mol. The molecule has 2 aromatic carbocycles. The maximum Gasteiger partial charge on any atom is 0.277 e. The van der Waals surface area contributed by atoms with Gasteiger partial charge in [-0.2, -0.15) is 5.10 Å². The molecule has 0 heterocycles. The maximum atomic E-state index is 11.9. The van der Waals surface area contributed by atoms with Crippen LogP contribution in [-0.2, 0) is 4.79 Å². The quantitative estimate of drug-likeness (QED) is 0.611. The number of nitrogens with one attached hydrogen (secondary N) is 1. The molecule has 0 spiro atoms. The smallest absolute Gasteiger partial charge is 0.277 e. The van der Waals surface area contributed by atoms with Crippen LogP contribution in [0.4, 0.5) is 0 Å². The summed E-state index contributed by atoms with van der Waals surface area (Å²) in [6, 6.07) is 15.4. The standard InChI is InChI=1S/C18H19BrN2O2/c1-3-17(14-7-5-4-6-8-14)20-21-18(22)12-23-15-9-10-16(19)13(2)11-15/h4-11H,3,12H2,1-2H3,(H,21,22)/b20-17+. The van der Waals surface area contributed by atoms with E-state index in [-0.39, 0.29) is 12.5 Å². The molecule has 0 saturated carbocycles. The summed E-state index contributed by atoms with van der Waals surface area (Å²) < 4.78 is 6.48. The largest absolute Gasteiger partial charge is 0.484 e. The minimum Gasteiger partial charge on any atom is -0.484 e. The van der Waals surface area contributed by atoms with Gasteiger partial charge in [0.05, 0.1) is 5.71 Å². The van der Waals surface area contributed by atoms with Crippen LogP contribution in [-0.4, -0.2) is 18.2 Å². The van der Waals surface area contributed by atoms with Crippen LogP contribution >= 0.6 is 15.9 Å². The number of hydrazone groups is 1. The molecule has 1 N–H and O–H groups in total. The second kappa shape index (κ2) is 8.48. The van der Waals surface area contributed by atoms with Gasteiger partial charge in [-0.05, 0) is 42.7 Å². The first-order valence-electron chi connectivity index (χ1n) is 7.40. The van der Waals surface area contributed by atoms with Crippen molar-refractivity contribution in [1.29, 1.82) is 0 Å². The molecule has 0 saturated heterocycles. The highest BCUT2D eigenvalue weighted by molar-refractivity contribution is 9.10. The van der Waals surface area contributed by atoms with Crippen LogP contribution in [0.5, 0.6) is 5.75 Å². The van der Waals surface area contributed by atoms with Gasteiger partial charge in [-0.3, -0.25) is 4.79 Å². The van der Waals surface area contributed by atoms with Crippen molar-refractivity contribution in [3.05, 3.63) is 64.1 Å². The molecule has 1 amide bonds. The fourth-order valence-corrected chi connectivity index (χ4v) is 2.24. The average molecular weight is 375 g/mol. The number of amides is 1. The van der Waals surface area contributed by atoms with E-state index in [1.807, 2.05) is 62.4 Å². The predicted octanol–water partition coefficient (Wildman–Crippen LogP) is 4.07. The molecule has 0 bridgehead atoms. The second-order valence-corrected chi connectivity index (χ2v) is 5.87. The van der Waals surface area contributed by atoms with Crippen molar-refractivity contribution in [3.8, 4) is 5.75 Å². The van der Waals surface area contributed by atoms with Crippen molar-refractivity contribution < 1.29 is 9.53 Å². The molecular formula is C18H19BrN2O2. The summed E-state index contributed by atoms with van der Waals surface area (Å²) in [5, 5.41) is 4.19. The first-order valence-corrected chi connectivity index (χ1v) is 8.19. The van der Waals surface area contributed by atoms with Gasteiger partial charge in [-0.25, -0.2) is 5.43 Å². The highest BCUT2D eigenvalue weighted by Crippen LogP contribution is 2.21. The molecule has 0 aromatic heterocycles. The monoisotopic (exact) mass is 374 g/mol. The summed E-state index contributed by atoms with van der Waals surface area (Å²) in [6.45, 7) is 3.89. The van der Waals surface area contributed by atoms with Crippen molar-refractivity contribution in [2.45, 2.75) is 20.3 Å². The molecular weight excluding hydrogens is 356 g/mol. The molecule has 2 rings (SSSR count). The van der Waals surface area contributed by atoms with Crippen LogP contribution in [0.2, 0.25) is 0 Å². The van der Waals surface area contributed by atoms with Gasteiger partial charge in [-0.1, -0.05) is 53.2 Å². The lowest BCUT2D eigenvalue weighted by Crippen LogP contribution is -2.26. The number of benzene rings is 2. The third-order valence-corrected chi connectivity index (χ3v) is 4.15. The Kier molecular flexibility index (Phi) is 6.35. The van der Waals surface area contributed by atoms with Crippen molar-refractivity contribution in [2.24, 2.45) is 5.10 Å². The molecule has 120 valence electrons. The number of nitrogens with zero attached hydrogens (tertiary/aromatic N) is 1. The number of rotatable bonds is 6. The minimum atomic E-state index is -0.285. The Hall–Kier alpha value is -2.14. The lowest BCUT2D eigenvalue weighted by molar-refractivity contribution is -0.123. The fourth-order valence-electron chi connectivity index (χ4n) is 2.00. The zero-order valence-corrected chi connectivity index (χ0v) is 14.8. The minimum absolute atomic E-state index is 0.0731. The van der Waals surface area contributed by atoms with Gasteiger partial charge in [0.25, 0.3) is 5.91 Å². The van der Waals surface area contributed by atoms with E-state index in [9.17, 15) is 4.79 Å². The Morgan fingerprint density at radius 1 is 1.22 bits per heavy atom. The zero-order chi connectivity index (χ0) is 16.7. The summed E-state index contributed by atoms with van der Waals surface area (Å²) in [6.07, 6.45) is 0.733. The molecule has 0 radical (unpaired) electrons. The molecule has 0 fully saturated rings. The van der Waals surface area contributed by atoms with Crippen molar-refractivity contribution >= 4 is 27.5 Å². The van der Waals surface area contributed by atoms with E-state index in [0.29, 0.717) is 5.75 Å². The number of halogens is 1. The lowest BCUT2D eigenvalue weighted by Gasteiger charge is -2.08. The third-order valence-electron chi connectivity index (χ3n) is 3.26. The molecule has 2 aromatic rings. The maximum absolute atomic E-state index is 11.9. The molecule has 0 atom stereocenters. The Balaban J connectivity index is 1.91. The Morgan fingerprint density at radius 2 is 1.96 bits per heavy atom. The van der Waals surface area contributed by atoms with E-state index >= 15 is 0 Å². The Morgan fingerprint density at radius 3 is 2.61 bits per heavy atom. The molecule has 5 heteroatoms. The number of carbonyl (C=O) groups is 1. The molecule has 0 aliphatic rings. The van der Waals surface area contributed by atoms with E-state index in [1.165, 1.54) is 0 Å². The average Bonchev–Trinajstić information content (AvgIpc) is 2.57. The van der Waals surface area contributed by atoms with Crippen LogP contribution in [0.15, 0.2) is 58.1 Å². The van der Waals surface area contributed by atoms with Crippen molar-refractivity contribution in [2.75, 3.05) is 6.61 Å². The summed E-state index contributed by atoms with van der Waals surface area (Å²) >= 11 is 3.43. The number of hydrogen-bond acceptors (Lipinski definition) is 3. The van der Waals surface area contributed by atoms with E-state index in [1.54, 1.807) is 0 Å². The highest BCUT2D eigenvalue weighted by atomic mass is 79.9. The highest BCUT2D eigenvalue weighted by Gasteiger charge is 2.05. The summed E-state index contributed by atoms with van der Waals surface area (Å²) in [5.41, 5.74) is 5.43. The Labute approximate surface area is 144 Å². The van der Waals surface area contributed by atoms with Gasteiger partial charge in [0.1, 0.15) is 5.75 Å². The van der Waals surface area contributed by atoms with Gasteiger partial charge < -0.3 is 4.74 Å². The van der Waals surface area contributed by atoms with Gasteiger partial charge in [0.15, 0.2) is 6.61 Å². The zero-order valence-electron chi connectivity index (χ0n) is 13.2. The normalized spacial score (nSPS) is 11.2. The van der Waals surface area contributed by atoms with Crippen LogP contribution in [0.1, 0.15) is 24.5 Å². The van der Waals surface area contributed by atoms with E-state index in [0.717, 1.165) is 27.7 Å². The van der Waals surface area contributed by atoms with Crippen LogP contribution in [0.25, 0.3) is 0 Å². The van der Waals surface area contributed by atoms with Gasteiger partial charge in [0, 0.05) is 4.47 Å². The first kappa shape index (κ1) is 17.2. The summed E-state index contributed by atoms with van der Waals surface area (Å²) in [5.74, 6) is 0.371. The topological polar surface area (TPSA) is 50.7 Å². The summed E-state index contributed by atoms with van der Waals surface area (Å²) in [4.78, 5) is 11.9. The van der Waals surface area contributed by atoms with E-state index in [4.69, 9.17) is 4.74 Å². The number of carbonyl (C=O) groups excluding carboxylic acids is 1.